The van der Waals surface area contributed by atoms with Gasteiger partial charge in [-0.15, -0.1) is 24.0 Å². The molecule has 0 bridgehead atoms. The molecule has 12 heavy (non-hydrogen) atoms. The Morgan fingerprint density at radius 2 is 2.17 bits per heavy atom. The third kappa shape index (κ3) is 1.22. The fourth-order valence-electron chi connectivity index (χ4n) is 1.09. The van der Waals surface area contributed by atoms with E-state index in [0.717, 1.165) is 15.3 Å². The number of thiol groups is 1. The highest BCUT2D eigenvalue weighted by molar-refractivity contribution is 14.1. The van der Waals surface area contributed by atoms with E-state index in [1.165, 1.54) is 8.27 Å². The molecular weight excluding hydrogens is 301 g/mol. The van der Waals surface area contributed by atoms with Crippen molar-refractivity contribution >= 4 is 61.6 Å². The van der Waals surface area contributed by atoms with Crippen LogP contribution >= 0.6 is 46.6 Å². The summed E-state index contributed by atoms with van der Waals surface area (Å²) in [6.45, 7) is 0. The second-order valence-corrected chi connectivity index (χ2v) is 5.09. The van der Waals surface area contributed by atoms with Crippen molar-refractivity contribution in [3.63, 3.8) is 0 Å². The number of anilines is 1. The fraction of sp³-hybridized carbons (Fsp3) is 0. The summed E-state index contributed by atoms with van der Waals surface area (Å²) in [6, 6.07) is 6.15. The molecule has 4 heteroatoms. The first kappa shape index (κ1) is 8.65. The highest BCUT2D eigenvalue weighted by Gasteiger charge is 2.07. The van der Waals surface area contributed by atoms with Crippen LogP contribution in [0.1, 0.15) is 0 Å². The lowest BCUT2D eigenvalue weighted by Crippen LogP contribution is -1.77. The highest BCUT2D eigenvalue weighted by Crippen LogP contribution is 2.38. The zero-order valence-electron chi connectivity index (χ0n) is 6.04. The molecule has 0 amide bonds. The number of thiophene rings is 1. The molecule has 1 heterocycles. The van der Waals surface area contributed by atoms with Crippen LogP contribution in [-0.4, -0.2) is 0 Å². The van der Waals surface area contributed by atoms with Crippen molar-refractivity contribution in [3.05, 3.63) is 21.8 Å². The van der Waals surface area contributed by atoms with Crippen LogP contribution in [0.5, 0.6) is 0 Å². The van der Waals surface area contributed by atoms with Gasteiger partial charge in [0.05, 0.1) is 4.70 Å². The van der Waals surface area contributed by atoms with Gasteiger partial charge in [0, 0.05) is 13.9 Å². The van der Waals surface area contributed by atoms with Crippen LogP contribution in [0.4, 0.5) is 5.00 Å². The predicted octanol–water partition coefficient (Wildman–Crippen LogP) is 3.38. The zero-order chi connectivity index (χ0) is 8.72. The number of fused-ring (bicyclic) bond motifs is 1. The van der Waals surface area contributed by atoms with Crippen molar-refractivity contribution < 1.29 is 0 Å². The standard InChI is InChI=1S/C8H6INS2/c9-5-3-1-2-4-6(11)8(10)12-7(4)5/h1-3,11H,10H2. The quantitative estimate of drug-likeness (QED) is 0.566. The Labute approximate surface area is 93.5 Å². The molecule has 0 saturated carbocycles. The number of benzene rings is 1. The van der Waals surface area contributed by atoms with Gasteiger partial charge in [0.25, 0.3) is 0 Å². The lowest BCUT2D eigenvalue weighted by molar-refractivity contribution is 1.65. The summed E-state index contributed by atoms with van der Waals surface area (Å²) in [6.07, 6.45) is 0. The van der Waals surface area contributed by atoms with E-state index in [-0.39, 0.29) is 0 Å². The van der Waals surface area contributed by atoms with Crippen molar-refractivity contribution in [1.29, 1.82) is 0 Å². The van der Waals surface area contributed by atoms with E-state index in [1.807, 2.05) is 12.1 Å². The van der Waals surface area contributed by atoms with E-state index in [4.69, 9.17) is 5.73 Å². The Morgan fingerprint density at radius 3 is 2.83 bits per heavy atom. The summed E-state index contributed by atoms with van der Waals surface area (Å²) in [4.78, 5) is 0.911. The Morgan fingerprint density at radius 1 is 1.42 bits per heavy atom. The monoisotopic (exact) mass is 307 g/mol. The summed E-state index contributed by atoms with van der Waals surface area (Å²) in [5.74, 6) is 0. The summed E-state index contributed by atoms with van der Waals surface area (Å²) >= 11 is 8.25. The molecule has 0 radical (unpaired) electrons. The van der Waals surface area contributed by atoms with Gasteiger partial charge in [-0.25, -0.2) is 0 Å². The van der Waals surface area contributed by atoms with E-state index in [9.17, 15) is 0 Å². The van der Waals surface area contributed by atoms with Gasteiger partial charge in [-0.2, -0.15) is 0 Å². The summed E-state index contributed by atoms with van der Waals surface area (Å²) in [5, 5.41) is 1.96. The van der Waals surface area contributed by atoms with Gasteiger partial charge >= 0.3 is 0 Å². The molecule has 0 saturated heterocycles. The molecule has 0 aliphatic carbocycles. The van der Waals surface area contributed by atoms with Crippen LogP contribution in [0, 0.1) is 3.57 Å². The van der Waals surface area contributed by atoms with Gasteiger partial charge < -0.3 is 5.73 Å². The molecule has 1 aromatic heterocycles. The molecule has 0 spiro atoms. The summed E-state index contributed by atoms with van der Waals surface area (Å²) < 4.78 is 2.47. The third-order valence-electron chi connectivity index (χ3n) is 1.67. The van der Waals surface area contributed by atoms with Crippen molar-refractivity contribution in [2.24, 2.45) is 0 Å². The number of hydrogen-bond acceptors (Lipinski definition) is 3. The first-order valence-corrected chi connectivity index (χ1v) is 5.70. The third-order valence-corrected chi connectivity index (χ3v) is 4.63. The van der Waals surface area contributed by atoms with Gasteiger partial charge in [-0.1, -0.05) is 12.1 Å². The van der Waals surface area contributed by atoms with Crippen molar-refractivity contribution in [2.45, 2.75) is 4.90 Å². The summed E-state index contributed by atoms with van der Waals surface area (Å²) in [5.41, 5.74) is 5.76. The normalized spacial score (nSPS) is 10.8. The second kappa shape index (κ2) is 3.08. The summed E-state index contributed by atoms with van der Waals surface area (Å²) in [7, 11) is 0. The molecule has 0 aliphatic heterocycles. The van der Waals surface area contributed by atoms with Crippen molar-refractivity contribution in [3.8, 4) is 0 Å². The lowest BCUT2D eigenvalue weighted by Gasteiger charge is -1.91. The Hall–Kier alpha value is 0.0600. The SMILES string of the molecule is Nc1sc2c(I)cccc2c1S. The van der Waals surface area contributed by atoms with Gasteiger partial charge in [0.15, 0.2) is 0 Å². The van der Waals surface area contributed by atoms with Gasteiger partial charge in [-0.3, -0.25) is 0 Å². The van der Waals surface area contributed by atoms with Crippen LogP contribution < -0.4 is 5.73 Å². The Balaban J connectivity index is 2.95. The minimum atomic E-state index is 0.803. The lowest BCUT2D eigenvalue weighted by atomic mass is 10.3. The minimum Gasteiger partial charge on any atom is -0.390 e. The van der Waals surface area contributed by atoms with Crippen LogP contribution in [-0.2, 0) is 0 Å². The number of nitrogens with two attached hydrogens (primary N) is 1. The molecule has 2 aromatic rings. The number of nitrogen functional groups attached to an aromatic ring is 1. The number of halogens is 1. The molecular formula is C8H6INS2. The molecule has 1 aromatic carbocycles. The topological polar surface area (TPSA) is 26.0 Å². The van der Waals surface area contributed by atoms with Gasteiger partial charge in [0.2, 0.25) is 0 Å². The van der Waals surface area contributed by atoms with Gasteiger partial charge in [-0.05, 0) is 28.7 Å². The molecule has 2 rings (SSSR count). The van der Waals surface area contributed by atoms with E-state index in [0.29, 0.717) is 0 Å². The van der Waals surface area contributed by atoms with E-state index >= 15 is 0 Å². The average Bonchev–Trinajstić information content (AvgIpc) is 2.32. The number of hydrogen-bond donors (Lipinski definition) is 2. The Bertz CT molecular complexity index is 436. The van der Waals surface area contributed by atoms with Crippen LogP contribution in [0.15, 0.2) is 23.1 Å². The van der Waals surface area contributed by atoms with E-state index in [2.05, 4.69) is 41.3 Å². The maximum absolute atomic E-state index is 5.76. The largest absolute Gasteiger partial charge is 0.390 e. The second-order valence-electron chi connectivity index (χ2n) is 2.43. The van der Waals surface area contributed by atoms with Crippen molar-refractivity contribution in [1.82, 2.24) is 0 Å². The zero-order valence-corrected chi connectivity index (χ0v) is 9.91. The highest BCUT2D eigenvalue weighted by atomic mass is 127. The van der Waals surface area contributed by atoms with E-state index in [1.54, 1.807) is 11.3 Å². The van der Waals surface area contributed by atoms with Crippen LogP contribution in [0.3, 0.4) is 0 Å². The molecule has 1 nitrogen and oxygen atoms in total. The van der Waals surface area contributed by atoms with Gasteiger partial charge in [0.1, 0.15) is 5.00 Å². The maximum atomic E-state index is 5.76. The fourth-order valence-corrected chi connectivity index (χ4v) is 3.19. The molecule has 0 atom stereocenters. The number of rotatable bonds is 0. The van der Waals surface area contributed by atoms with Crippen molar-refractivity contribution in [2.75, 3.05) is 5.73 Å². The predicted molar refractivity (Wildman–Crippen MR) is 66.2 cm³/mol. The van der Waals surface area contributed by atoms with E-state index < -0.39 is 0 Å². The minimum absolute atomic E-state index is 0.803. The molecule has 62 valence electrons. The smallest absolute Gasteiger partial charge is 0.100 e. The van der Waals surface area contributed by atoms with Crippen LogP contribution in [0.25, 0.3) is 10.1 Å². The molecule has 0 aliphatic rings. The molecule has 0 unspecified atom stereocenters. The molecule has 2 N–H and O–H groups in total. The van der Waals surface area contributed by atoms with Crippen LogP contribution in [0.2, 0.25) is 0 Å². The maximum Gasteiger partial charge on any atom is 0.100 e. The first-order valence-electron chi connectivity index (χ1n) is 3.35. The Kier molecular flexibility index (Phi) is 2.22. The molecule has 0 fully saturated rings. The first-order chi connectivity index (χ1) is 5.70. The average molecular weight is 307 g/mol.